The van der Waals surface area contributed by atoms with Crippen LogP contribution < -0.4 is 4.90 Å². The van der Waals surface area contributed by atoms with E-state index in [9.17, 15) is 0 Å². The second kappa shape index (κ2) is 11.6. The van der Waals surface area contributed by atoms with Crippen LogP contribution >= 0.6 is 0 Å². The smallest absolute Gasteiger partial charge is 0.143 e. The zero-order chi connectivity index (χ0) is 36.0. The Morgan fingerprint density at radius 3 is 1.85 bits per heavy atom. The first-order valence-corrected chi connectivity index (χ1v) is 18.6. The lowest BCUT2D eigenvalue weighted by molar-refractivity contribution is 0.660. The van der Waals surface area contributed by atoms with E-state index in [0.717, 1.165) is 77.6 Å². The zero-order valence-electron chi connectivity index (χ0n) is 30.0. The molecule has 0 saturated carbocycles. The Bertz CT molecular complexity index is 3090. The minimum absolute atomic E-state index is 0.0832. The fourth-order valence-corrected chi connectivity index (χ4v) is 8.92. The number of anilines is 3. The molecule has 8 aromatic carbocycles. The predicted molar refractivity (Wildman–Crippen MR) is 224 cm³/mol. The van der Waals surface area contributed by atoms with Crippen LogP contribution in [-0.2, 0) is 5.41 Å². The van der Waals surface area contributed by atoms with E-state index in [0.29, 0.717) is 0 Å². The number of furan rings is 2. The number of hydrogen-bond donors (Lipinski definition) is 0. The highest BCUT2D eigenvalue weighted by molar-refractivity contribution is 6.19. The maximum Gasteiger partial charge on any atom is 0.143 e. The molecule has 256 valence electrons. The molecule has 0 amide bonds. The maximum atomic E-state index is 6.78. The van der Waals surface area contributed by atoms with Crippen LogP contribution in [0.4, 0.5) is 17.1 Å². The molecule has 0 radical (unpaired) electrons. The first-order valence-electron chi connectivity index (χ1n) is 18.6. The molecule has 0 fully saturated rings. The molecule has 1 aliphatic carbocycles. The molecule has 0 atom stereocenters. The fraction of sp³-hybridized carbons (Fsp3) is 0.0588. The van der Waals surface area contributed by atoms with Crippen LogP contribution in [-0.4, -0.2) is 0 Å². The normalized spacial score (nSPS) is 13.1. The third kappa shape index (κ3) is 4.48. The van der Waals surface area contributed by atoms with E-state index in [2.05, 4.69) is 183 Å². The van der Waals surface area contributed by atoms with Gasteiger partial charge in [-0.25, -0.2) is 0 Å². The lowest BCUT2D eigenvalue weighted by Crippen LogP contribution is -2.14. The lowest BCUT2D eigenvalue weighted by Gasteiger charge is -2.27. The van der Waals surface area contributed by atoms with Crippen LogP contribution in [0.3, 0.4) is 0 Å². The third-order valence-electron chi connectivity index (χ3n) is 11.5. The van der Waals surface area contributed by atoms with E-state index < -0.39 is 0 Å². The summed E-state index contributed by atoms with van der Waals surface area (Å²) in [6.07, 6.45) is 0. The number of para-hydroxylation sites is 2. The van der Waals surface area contributed by atoms with Crippen LogP contribution in [0, 0.1) is 0 Å². The zero-order valence-corrected chi connectivity index (χ0v) is 30.0. The molecule has 54 heavy (non-hydrogen) atoms. The standard InChI is InChI=1S/C51H35NO2/c1-51(2)41-22-8-6-18-37(41)38-29-28-34(31-42(38)51)33-16-10-17-35(30-33)52(43-23-12-26-46-48(43)39-19-7-9-25-45(39)53-46)44-24-13-27-47-49(44)40-21-11-20-36(50(40)54-47)32-14-4-3-5-15-32/h3-31H,1-2H3. The van der Waals surface area contributed by atoms with Gasteiger partial charge in [0, 0.05) is 27.4 Å². The van der Waals surface area contributed by atoms with Crippen molar-refractivity contribution in [3.05, 3.63) is 187 Å². The van der Waals surface area contributed by atoms with Gasteiger partial charge in [0.2, 0.25) is 0 Å². The molecule has 1 aliphatic rings. The van der Waals surface area contributed by atoms with E-state index in [1.807, 2.05) is 12.1 Å². The Morgan fingerprint density at radius 2 is 1.00 bits per heavy atom. The monoisotopic (exact) mass is 693 g/mol. The summed E-state index contributed by atoms with van der Waals surface area (Å²) in [4.78, 5) is 2.40. The summed E-state index contributed by atoms with van der Waals surface area (Å²) in [5, 5.41) is 4.30. The first-order chi connectivity index (χ1) is 26.5. The maximum absolute atomic E-state index is 6.78. The fourth-order valence-electron chi connectivity index (χ4n) is 8.92. The van der Waals surface area contributed by atoms with Crippen LogP contribution in [0.1, 0.15) is 25.0 Å². The summed E-state index contributed by atoms with van der Waals surface area (Å²) in [6.45, 7) is 4.68. The van der Waals surface area contributed by atoms with Crippen molar-refractivity contribution in [1.29, 1.82) is 0 Å². The topological polar surface area (TPSA) is 29.5 Å². The van der Waals surface area contributed by atoms with Gasteiger partial charge in [0.1, 0.15) is 22.3 Å². The summed E-state index contributed by atoms with van der Waals surface area (Å²) < 4.78 is 13.2. The molecule has 0 spiro atoms. The molecule has 0 aliphatic heterocycles. The van der Waals surface area contributed by atoms with Gasteiger partial charge in [0.25, 0.3) is 0 Å². The summed E-state index contributed by atoms with van der Waals surface area (Å²) in [6, 6.07) is 62.8. The Kier molecular flexibility index (Phi) is 6.60. The Morgan fingerprint density at radius 1 is 0.407 bits per heavy atom. The van der Waals surface area contributed by atoms with Gasteiger partial charge >= 0.3 is 0 Å². The van der Waals surface area contributed by atoms with Crippen molar-refractivity contribution in [3.8, 4) is 33.4 Å². The third-order valence-corrected chi connectivity index (χ3v) is 11.5. The molecule has 0 unspecified atom stereocenters. The van der Waals surface area contributed by atoms with Crippen molar-refractivity contribution in [2.24, 2.45) is 0 Å². The molecule has 3 heteroatoms. The Hall–Kier alpha value is -6.84. The molecule has 10 aromatic rings. The summed E-state index contributed by atoms with van der Waals surface area (Å²) in [5.74, 6) is 0. The largest absolute Gasteiger partial charge is 0.456 e. The Labute approximate surface area is 313 Å². The average Bonchev–Trinajstić information content (AvgIpc) is 3.87. The number of benzene rings is 8. The number of rotatable bonds is 5. The molecule has 11 rings (SSSR count). The molecule has 0 N–H and O–H groups in total. The number of fused-ring (bicyclic) bond motifs is 9. The average molecular weight is 694 g/mol. The van der Waals surface area contributed by atoms with Gasteiger partial charge in [0.05, 0.1) is 22.1 Å². The van der Waals surface area contributed by atoms with Gasteiger partial charge in [-0.15, -0.1) is 0 Å². The number of nitrogens with zero attached hydrogens (tertiary/aromatic N) is 1. The van der Waals surface area contributed by atoms with Crippen molar-refractivity contribution in [2.75, 3.05) is 4.90 Å². The second-order valence-corrected chi connectivity index (χ2v) is 14.9. The molecule has 2 heterocycles. The molecule has 0 saturated heterocycles. The van der Waals surface area contributed by atoms with Gasteiger partial charge in [0.15, 0.2) is 0 Å². The lowest BCUT2D eigenvalue weighted by atomic mass is 9.81. The van der Waals surface area contributed by atoms with Gasteiger partial charge in [-0.05, 0) is 87.5 Å². The van der Waals surface area contributed by atoms with Gasteiger partial charge in [-0.1, -0.05) is 141 Å². The van der Waals surface area contributed by atoms with Crippen molar-refractivity contribution >= 4 is 60.9 Å². The highest BCUT2D eigenvalue weighted by Crippen LogP contribution is 2.51. The van der Waals surface area contributed by atoms with Crippen molar-refractivity contribution < 1.29 is 8.83 Å². The summed E-state index contributed by atoms with van der Waals surface area (Å²) in [5.41, 5.74) is 16.5. The van der Waals surface area contributed by atoms with E-state index in [-0.39, 0.29) is 5.41 Å². The van der Waals surface area contributed by atoms with E-state index >= 15 is 0 Å². The van der Waals surface area contributed by atoms with Gasteiger partial charge < -0.3 is 13.7 Å². The molecule has 2 aromatic heterocycles. The Balaban J connectivity index is 1.16. The van der Waals surface area contributed by atoms with Crippen molar-refractivity contribution in [3.63, 3.8) is 0 Å². The molecule has 3 nitrogen and oxygen atoms in total. The quantitative estimate of drug-likeness (QED) is 0.180. The highest BCUT2D eigenvalue weighted by Gasteiger charge is 2.35. The van der Waals surface area contributed by atoms with Crippen molar-refractivity contribution in [2.45, 2.75) is 19.3 Å². The minimum Gasteiger partial charge on any atom is -0.456 e. The molecule has 0 bridgehead atoms. The van der Waals surface area contributed by atoms with Gasteiger partial charge in [-0.3, -0.25) is 0 Å². The second-order valence-electron chi connectivity index (χ2n) is 14.9. The molecular formula is C51H35NO2. The van der Waals surface area contributed by atoms with Crippen LogP contribution in [0.2, 0.25) is 0 Å². The minimum atomic E-state index is -0.0832. The van der Waals surface area contributed by atoms with E-state index in [1.165, 1.54) is 27.8 Å². The summed E-state index contributed by atoms with van der Waals surface area (Å²) in [7, 11) is 0. The van der Waals surface area contributed by atoms with Crippen molar-refractivity contribution in [1.82, 2.24) is 0 Å². The first kappa shape index (κ1) is 30.8. The van der Waals surface area contributed by atoms with Crippen LogP contribution in [0.25, 0.3) is 77.3 Å². The SMILES string of the molecule is CC1(C)c2ccccc2-c2ccc(-c3cccc(N(c4cccc5oc6ccccc6c45)c4cccc5oc6c(-c7ccccc7)cccc6c45)c3)cc21. The van der Waals surface area contributed by atoms with Crippen LogP contribution in [0.5, 0.6) is 0 Å². The summed E-state index contributed by atoms with van der Waals surface area (Å²) >= 11 is 0. The van der Waals surface area contributed by atoms with Crippen LogP contribution in [0.15, 0.2) is 185 Å². The van der Waals surface area contributed by atoms with E-state index in [1.54, 1.807) is 0 Å². The molecular weight excluding hydrogens is 659 g/mol. The van der Waals surface area contributed by atoms with E-state index in [4.69, 9.17) is 8.83 Å². The number of hydrogen-bond acceptors (Lipinski definition) is 3. The predicted octanol–water partition coefficient (Wildman–Crippen LogP) is 14.6. The van der Waals surface area contributed by atoms with Gasteiger partial charge in [-0.2, -0.15) is 0 Å². The highest BCUT2D eigenvalue weighted by atomic mass is 16.3.